The highest BCUT2D eigenvalue weighted by molar-refractivity contribution is 7.87. The van der Waals surface area contributed by atoms with Crippen LogP contribution in [0.1, 0.15) is 24.0 Å². The van der Waals surface area contributed by atoms with Crippen LogP contribution in [0.3, 0.4) is 0 Å². The first kappa shape index (κ1) is 22.0. The summed E-state index contributed by atoms with van der Waals surface area (Å²) >= 11 is 0. The maximum atomic E-state index is 13.2. The molecule has 32 heavy (non-hydrogen) atoms. The smallest absolute Gasteiger partial charge is 0.339 e. The zero-order chi connectivity index (χ0) is 22.7. The summed E-state index contributed by atoms with van der Waals surface area (Å²) in [7, 11) is -4.13. The summed E-state index contributed by atoms with van der Waals surface area (Å²) < 4.78 is 56.5. The Hall–Kier alpha value is -3.26. The molecule has 1 fully saturated rings. The van der Waals surface area contributed by atoms with Crippen molar-refractivity contribution >= 4 is 16.0 Å². The van der Waals surface area contributed by atoms with Crippen LogP contribution in [0.5, 0.6) is 5.75 Å². The lowest BCUT2D eigenvalue weighted by atomic mass is 10.1. The van der Waals surface area contributed by atoms with Crippen molar-refractivity contribution < 1.29 is 26.2 Å². The van der Waals surface area contributed by atoms with E-state index in [1.54, 1.807) is 35.2 Å². The fraction of sp³-hybridized carbons (Fsp3) is 0.208. The number of carbonyl (C=O) groups is 1. The fourth-order valence-electron chi connectivity index (χ4n) is 3.30. The lowest BCUT2D eigenvalue weighted by Crippen LogP contribution is -2.31. The van der Waals surface area contributed by atoms with Crippen molar-refractivity contribution in [3.8, 4) is 5.75 Å². The maximum absolute atomic E-state index is 13.2. The summed E-state index contributed by atoms with van der Waals surface area (Å²) in [6.45, 7) is 0.565. The lowest BCUT2D eigenvalue weighted by molar-refractivity contribution is -0.133. The monoisotopic (exact) mass is 457 g/mol. The van der Waals surface area contributed by atoms with Gasteiger partial charge in [0.2, 0.25) is 5.91 Å². The Morgan fingerprint density at radius 2 is 1.47 bits per heavy atom. The molecule has 1 saturated carbocycles. The molecule has 166 valence electrons. The first-order valence-electron chi connectivity index (χ1n) is 10.1. The molecule has 0 N–H and O–H groups in total. The van der Waals surface area contributed by atoms with E-state index in [1.807, 2.05) is 0 Å². The summed E-state index contributed by atoms with van der Waals surface area (Å²) in [5.41, 5.74) is 1.49. The van der Waals surface area contributed by atoms with Gasteiger partial charge in [-0.05, 0) is 72.5 Å². The van der Waals surface area contributed by atoms with Crippen LogP contribution < -0.4 is 4.18 Å². The third-order valence-corrected chi connectivity index (χ3v) is 6.37. The Kier molecular flexibility index (Phi) is 6.23. The van der Waals surface area contributed by atoms with E-state index in [2.05, 4.69) is 0 Å². The number of amides is 1. The molecule has 0 bridgehead atoms. The maximum Gasteiger partial charge on any atom is 0.339 e. The quantitative estimate of drug-likeness (QED) is 0.461. The van der Waals surface area contributed by atoms with Crippen LogP contribution in [-0.4, -0.2) is 19.2 Å². The van der Waals surface area contributed by atoms with Crippen LogP contribution in [0, 0.1) is 17.6 Å². The number of benzene rings is 3. The summed E-state index contributed by atoms with van der Waals surface area (Å²) in [5.74, 6) is -0.797. The summed E-state index contributed by atoms with van der Waals surface area (Å²) in [5, 5.41) is 0. The van der Waals surface area contributed by atoms with Crippen LogP contribution in [0.25, 0.3) is 0 Å². The van der Waals surface area contributed by atoms with Crippen molar-refractivity contribution in [2.24, 2.45) is 5.92 Å². The average molecular weight is 457 g/mol. The van der Waals surface area contributed by atoms with Gasteiger partial charge in [0, 0.05) is 19.0 Å². The van der Waals surface area contributed by atoms with Crippen LogP contribution in [0.15, 0.2) is 77.7 Å². The van der Waals surface area contributed by atoms with Gasteiger partial charge in [0.25, 0.3) is 0 Å². The van der Waals surface area contributed by atoms with E-state index in [9.17, 15) is 22.0 Å². The molecular formula is C24H21F2NO4S. The van der Waals surface area contributed by atoms with Crippen molar-refractivity contribution in [2.75, 3.05) is 0 Å². The van der Waals surface area contributed by atoms with Crippen molar-refractivity contribution in [3.05, 3.63) is 95.6 Å². The summed E-state index contributed by atoms with van der Waals surface area (Å²) in [4.78, 5) is 14.3. The molecule has 5 nitrogen and oxygen atoms in total. The van der Waals surface area contributed by atoms with E-state index in [0.717, 1.165) is 42.7 Å². The van der Waals surface area contributed by atoms with Crippen molar-refractivity contribution in [1.29, 1.82) is 0 Å². The van der Waals surface area contributed by atoms with E-state index in [1.165, 1.54) is 18.2 Å². The van der Waals surface area contributed by atoms with E-state index in [-0.39, 0.29) is 34.8 Å². The molecule has 1 aliphatic carbocycles. The fourth-order valence-corrected chi connectivity index (χ4v) is 4.23. The molecule has 3 aromatic rings. The van der Waals surface area contributed by atoms with E-state index >= 15 is 0 Å². The van der Waals surface area contributed by atoms with Crippen molar-refractivity contribution in [1.82, 2.24) is 4.90 Å². The molecule has 3 aromatic carbocycles. The normalized spacial score (nSPS) is 13.6. The van der Waals surface area contributed by atoms with Gasteiger partial charge in [0.05, 0.1) is 0 Å². The average Bonchev–Trinajstić information content (AvgIpc) is 3.60. The third kappa shape index (κ3) is 5.50. The molecule has 8 heteroatoms. The van der Waals surface area contributed by atoms with Gasteiger partial charge in [-0.3, -0.25) is 4.79 Å². The lowest BCUT2D eigenvalue weighted by Gasteiger charge is -2.23. The molecule has 0 aliphatic heterocycles. The second kappa shape index (κ2) is 9.08. The number of carbonyl (C=O) groups excluding carboxylic acids is 1. The molecule has 0 heterocycles. The molecule has 0 radical (unpaired) electrons. The van der Waals surface area contributed by atoms with E-state index < -0.39 is 15.9 Å². The zero-order valence-electron chi connectivity index (χ0n) is 17.1. The summed E-state index contributed by atoms with van der Waals surface area (Å²) in [6, 6.07) is 16.8. The highest BCUT2D eigenvalue weighted by atomic mass is 32.2. The zero-order valence-corrected chi connectivity index (χ0v) is 17.9. The number of halogens is 2. The van der Waals surface area contributed by atoms with E-state index in [0.29, 0.717) is 12.1 Å². The van der Waals surface area contributed by atoms with Crippen LogP contribution in [-0.2, 0) is 28.0 Å². The minimum atomic E-state index is -4.13. The number of nitrogens with zero attached hydrogens (tertiary/aromatic N) is 1. The molecule has 0 spiro atoms. The number of hydrogen-bond acceptors (Lipinski definition) is 4. The number of rotatable bonds is 8. The largest absolute Gasteiger partial charge is 0.379 e. The third-order valence-electron chi connectivity index (χ3n) is 5.11. The number of hydrogen-bond donors (Lipinski definition) is 0. The second-order valence-corrected chi connectivity index (χ2v) is 9.28. The second-order valence-electron chi connectivity index (χ2n) is 7.73. The van der Waals surface area contributed by atoms with Gasteiger partial charge in [-0.2, -0.15) is 8.42 Å². The van der Waals surface area contributed by atoms with Gasteiger partial charge in [0.1, 0.15) is 22.3 Å². The molecule has 0 aromatic heterocycles. The van der Waals surface area contributed by atoms with Gasteiger partial charge < -0.3 is 9.08 Å². The van der Waals surface area contributed by atoms with Crippen LogP contribution >= 0.6 is 0 Å². The Morgan fingerprint density at radius 3 is 2.09 bits per heavy atom. The minimum absolute atomic E-state index is 0.00580. The Balaban J connectivity index is 1.52. The van der Waals surface area contributed by atoms with Gasteiger partial charge in [-0.15, -0.1) is 0 Å². The van der Waals surface area contributed by atoms with Gasteiger partial charge >= 0.3 is 10.1 Å². The molecule has 1 amide bonds. The minimum Gasteiger partial charge on any atom is -0.379 e. The Labute approximate surface area is 185 Å². The van der Waals surface area contributed by atoms with Gasteiger partial charge in [0.15, 0.2) is 0 Å². The molecule has 1 aliphatic rings. The molecule has 0 unspecified atom stereocenters. The summed E-state index contributed by atoms with van der Waals surface area (Å²) in [6.07, 6.45) is 1.69. The Morgan fingerprint density at radius 1 is 0.875 bits per heavy atom. The van der Waals surface area contributed by atoms with Gasteiger partial charge in [-0.1, -0.05) is 24.3 Å². The first-order chi connectivity index (χ1) is 15.3. The molecule has 0 saturated heterocycles. The standard InChI is InChI=1S/C24H21F2NO4S/c25-20-8-4-17(5-9-20)15-27(24(28)19-6-7-19)16-18-2-1-3-22(14-18)31-32(29,30)23-12-10-21(26)11-13-23/h1-5,8-14,19H,6-7,15-16H2. The SMILES string of the molecule is O=C(C1CC1)N(Cc1ccc(F)cc1)Cc1cccc(OS(=O)(=O)c2ccc(F)cc2)c1. The topological polar surface area (TPSA) is 63.7 Å². The molecule has 4 rings (SSSR count). The first-order valence-corrected chi connectivity index (χ1v) is 11.5. The van der Waals surface area contributed by atoms with Gasteiger partial charge in [-0.25, -0.2) is 8.78 Å². The highest BCUT2D eigenvalue weighted by Gasteiger charge is 2.33. The molecular weight excluding hydrogens is 436 g/mol. The van der Waals surface area contributed by atoms with Crippen molar-refractivity contribution in [2.45, 2.75) is 30.8 Å². The molecule has 0 atom stereocenters. The van der Waals surface area contributed by atoms with Crippen molar-refractivity contribution in [3.63, 3.8) is 0 Å². The highest BCUT2D eigenvalue weighted by Crippen LogP contribution is 2.32. The predicted octanol–water partition coefficient (Wildman–Crippen LogP) is 4.67. The van der Waals surface area contributed by atoms with Crippen LogP contribution in [0.2, 0.25) is 0 Å². The predicted molar refractivity (Wildman–Crippen MR) is 114 cm³/mol. The van der Waals surface area contributed by atoms with E-state index in [4.69, 9.17) is 4.18 Å². The Bertz CT molecular complexity index is 1210. The van der Waals surface area contributed by atoms with Crippen LogP contribution in [0.4, 0.5) is 8.78 Å².